The van der Waals surface area contributed by atoms with E-state index in [1.807, 2.05) is 36.4 Å². The molecule has 0 radical (unpaired) electrons. The molecule has 0 saturated heterocycles. The zero-order valence-electron chi connectivity index (χ0n) is 10.6. The van der Waals surface area contributed by atoms with E-state index in [1.165, 1.54) is 0 Å². The normalized spacial score (nSPS) is 9.40. The van der Waals surface area contributed by atoms with Crippen LogP contribution >= 0.6 is 0 Å². The Bertz CT molecular complexity index is 635. The summed E-state index contributed by atoms with van der Waals surface area (Å²) < 4.78 is 0. The fourth-order valence-corrected chi connectivity index (χ4v) is 1.63. The van der Waals surface area contributed by atoms with Crippen molar-refractivity contribution in [3.05, 3.63) is 72.6 Å². The number of rotatable bonds is 2. The Hall–Kier alpha value is -2.95. The number of H-pyrrole nitrogens is 1. The first-order valence-electron chi connectivity index (χ1n) is 5.96. The molecule has 0 aliphatic rings. The van der Waals surface area contributed by atoms with E-state index in [2.05, 4.69) is 15.4 Å². The largest absolute Gasteiger partial charge is 0.478 e. The Morgan fingerprint density at radius 3 is 2.10 bits per heavy atom. The molecule has 0 aliphatic carbocycles. The molecule has 0 aliphatic heterocycles. The van der Waals surface area contributed by atoms with Crippen LogP contribution in [-0.4, -0.2) is 26.5 Å². The highest BCUT2D eigenvalue weighted by Crippen LogP contribution is 2.19. The number of nitrogens with one attached hydrogen (secondary N) is 1. The topological polar surface area (TPSA) is 78.9 Å². The van der Waals surface area contributed by atoms with Gasteiger partial charge in [-0.25, -0.2) is 4.79 Å². The molecule has 2 aromatic carbocycles. The maximum absolute atomic E-state index is 10.8. The molecule has 0 atom stereocenters. The van der Waals surface area contributed by atoms with E-state index in [-0.39, 0.29) is 0 Å². The number of aromatic nitrogens is 3. The Balaban J connectivity index is 0.000000247. The van der Waals surface area contributed by atoms with Crippen LogP contribution in [0.25, 0.3) is 11.1 Å². The fraction of sp³-hybridized carbons (Fsp3) is 0. The zero-order chi connectivity index (χ0) is 14.2. The van der Waals surface area contributed by atoms with Gasteiger partial charge in [-0.15, -0.1) is 0 Å². The molecule has 0 fully saturated rings. The Morgan fingerprint density at radius 1 is 0.900 bits per heavy atom. The number of hydrogen-bond acceptors (Lipinski definition) is 3. The number of aromatic carboxylic acids is 1. The van der Waals surface area contributed by atoms with Gasteiger partial charge in [-0.2, -0.15) is 15.4 Å². The van der Waals surface area contributed by atoms with Crippen molar-refractivity contribution in [2.75, 3.05) is 0 Å². The number of hydrogen-bond donors (Lipinski definition) is 2. The van der Waals surface area contributed by atoms with E-state index in [0.29, 0.717) is 5.56 Å². The van der Waals surface area contributed by atoms with Crippen molar-refractivity contribution in [2.45, 2.75) is 0 Å². The predicted molar refractivity (Wildman–Crippen MR) is 75.2 cm³/mol. The van der Waals surface area contributed by atoms with E-state index in [9.17, 15) is 4.79 Å². The first-order valence-corrected chi connectivity index (χ1v) is 5.96. The van der Waals surface area contributed by atoms with Crippen molar-refractivity contribution in [1.29, 1.82) is 0 Å². The standard InChI is InChI=1S/C13H10O2.C2H3N3/c14-13(15)12-8-4-7-11(9-12)10-5-2-1-3-6-10;1-2-4-5-3-1/h1-9H,(H,14,15);1-2H,(H,3,4,5). The molecule has 2 N–H and O–H groups in total. The van der Waals surface area contributed by atoms with Crippen LogP contribution < -0.4 is 0 Å². The van der Waals surface area contributed by atoms with E-state index < -0.39 is 5.97 Å². The average Bonchev–Trinajstić information content (AvgIpc) is 3.08. The van der Waals surface area contributed by atoms with Gasteiger partial charge in [-0.1, -0.05) is 42.5 Å². The van der Waals surface area contributed by atoms with Crippen molar-refractivity contribution in [1.82, 2.24) is 15.4 Å². The Morgan fingerprint density at radius 2 is 1.55 bits per heavy atom. The second-order valence-electron chi connectivity index (χ2n) is 3.91. The van der Waals surface area contributed by atoms with Crippen LogP contribution in [0.1, 0.15) is 10.4 Å². The average molecular weight is 267 g/mol. The summed E-state index contributed by atoms with van der Waals surface area (Å²) in [5.74, 6) is -0.896. The minimum absolute atomic E-state index is 0.316. The van der Waals surface area contributed by atoms with Crippen molar-refractivity contribution < 1.29 is 9.90 Å². The van der Waals surface area contributed by atoms with E-state index in [4.69, 9.17) is 5.11 Å². The molecule has 20 heavy (non-hydrogen) atoms. The first kappa shape index (κ1) is 13.5. The van der Waals surface area contributed by atoms with Crippen LogP contribution in [0, 0.1) is 0 Å². The van der Waals surface area contributed by atoms with Crippen LogP contribution in [0.15, 0.2) is 67.0 Å². The summed E-state index contributed by atoms with van der Waals surface area (Å²) in [6.07, 6.45) is 3.17. The number of carbonyl (C=O) groups is 1. The number of carboxylic acids is 1. The lowest BCUT2D eigenvalue weighted by atomic mass is 10.0. The van der Waals surface area contributed by atoms with Gasteiger partial charge >= 0.3 is 5.97 Å². The third-order valence-corrected chi connectivity index (χ3v) is 2.55. The molecule has 3 aromatic rings. The molecule has 0 saturated carbocycles. The molecular formula is C15H13N3O2. The molecule has 0 amide bonds. The lowest BCUT2D eigenvalue weighted by Gasteiger charge is -2.02. The van der Waals surface area contributed by atoms with Gasteiger partial charge in [0.15, 0.2) is 0 Å². The molecular weight excluding hydrogens is 254 g/mol. The zero-order valence-corrected chi connectivity index (χ0v) is 10.6. The molecule has 1 aromatic heterocycles. The molecule has 5 heteroatoms. The highest BCUT2D eigenvalue weighted by molar-refractivity contribution is 5.89. The highest BCUT2D eigenvalue weighted by Gasteiger charge is 2.03. The Labute approximate surface area is 115 Å². The number of aromatic amines is 1. The minimum Gasteiger partial charge on any atom is -0.478 e. The van der Waals surface area contributed by atoms with E-state index in [0.717, 1.165) is 11.1 Å². The quantitative estimate of drug-likeness (QED) is 0.748. The molecule has 1 heterocycles. The van der Waals surface area contributed by atoms with Crippen molar-refractivity contribution in [3.8, 4) is 11.1 Å². The molecule has 100 valence electrons. The van der Waals surface area contributed by atoms with Crippen molar-refractivity contribution in [2.24, 2.45) is 0 Å². The molecule has 3 rings (SSSR count). The van der Waals surface area contributed by atoms with Crippen molar-refractivity contribution >= 4 is 5.97 Å². The molecule has 0 unspecified atom stereocenters. The van der Waals surface area contributed by atoms with Crippen LogP contribution in [0.2, 0.25) is 0 Å². The minimum atomic E-state index is -0.896. The maximum atomic E-state index is 10.8. The molecule has 5 nitrogen and oxygen atoms in total. The third-order valence-electron chi connectivity index (χ3n) is 2.55. The third kappa shape index (κ3) is 3.78. The van der Waals surface area contributed by atoms with Crippen molar-refractivity contribution in [3.63, 3.8) is 0 Å². The SMILES string of the molecule is O=C(O)c1cccc(-c2ccccc2)c1.c1cn[nH]n1. The number of nitrogens with zero attached hydrogens (tertiary/aromatic N) is 2. The molecule has 0 spiro atoms. The Kier molecular flexibility index (Phi) is 4.61. The second kappa shape index (κ2) is 6.84. The first-order chi connectivity index (χ1) is 9.77. The van der Waals surface area contributed by atoms with Crippen LogP contribution in [-0.2, 0) is 0 Å². The highest BCUT2D eigenvalue weighted by atomic mass is 16.4. The van der Waals surface area contributed by atoms with Gasteiger partial charge in [-0.05, 0) is 23.3 Å². The lowest BCUT2D eigenvalue weighted by Crippen LogP contribution is -1.95. The van der Waals surface area contributed by atoms with Gasteiger partial charge in [0.1, 0.15) is 0 Å². The number of carboxylic acid groups (broad SMARTS) is 1. The van der Waals surface area contributed by atoms with Crippen LogP contribution in [0.4, 0.5) is 0 Å². The summed E-state index contributed by atoms with van der Waals surface area (Å²) in [6.45, 7) is 0. The predicted octanol–water partition coefficient (Wildman–Crippen LogP) is 2.86. The maximum Gasteiger partial charge on any atom is 0.335 e. The summed E-state index contributed by atoms with van der Waals surface area (Å²) in [6, 6.07) is 16.7. The summed E-state index contributed by atoms with van der Waals surface area (Å²) in [4.78, 5) is 10.8. The van der Waals surface area contributed by atoms with Gasteiger partial charge in [0.05, 0.1) is 18.0 Å². The lowest BCUT2D eigenvalue weighted by molar-refractivity contribution is 0.0697. The van der Waals surface area contributed by atoms with Crippen LogP contribution in [0.3, 0.4) is 0 Å². The summed E-state index contributed by atoms with van der Waals surface area (Å²) in [7, 11) is 0. The van der Waals surface area contributed by atoms with E-state index in [1.54, 1.807) is 30.6 Å². The van der Waals surface area contributed by atoms with Gasteiger partial charge in [0.2, 0.25) is 0 Å². The van der Waals surface area contributed by atoms with E-state index >= 15 is 0 Å². The summed E-state index contributed by atoms with van der Waals surface area (Å²) >= 11 is 0. The van der Waals surface area contributed by atoms with Gasteiger partial charge in [0, 0.05) is 0 Å². The molecule has 0 bridgehead atoms. The fourth-order valence-electron chi connectivity index (χ4n) is 1.63. The smallest absolute Gasteiger partial charge is 0.335 e. The van der Waals surface area contributed by atoms with Crippen LogP contribution in [0.5, 0.6) is 0 Å². The number of benzene rings is 2. The van der Waals surface area contributed by atoms with Gasteiger partial charge in [0.25, 0.3) is 0 Å². The summed E-state index contributed by atoms with van der Waals surface area (Å²) in [5, 5.41) is 18.2. The second-order valence-corrected chi connectivity index (χ2v) is 3.91. The van der Waals surface area contributed by atoms with Gasteiger partial charge < -0.3 is 5.11 Å². The summed E-state index contributed by atoms with van der Waals surface area (Å²) in [5.41, 5.74) is 2.27. The van der Waals surface area contributed by atoms with Gasteiger partial charge in [-0.3, -0.25) is 0 Å². The monoisotopic (exact) mass is 267 g/mol.